The van der Waals surface area contributed by atoms with E-state index < -0.39 is 23.9 Å². The molecule has 0 N–H and O–H groups in total. The Bertz CT molecular complexity index is 1260. The second-order valence-corrected chi connectivity index (χ2v) is 25.8. The van der Waals surface area contributed by atoms with Gasteiger partial charge < -0.3 is 39.6 Å². The fraction of sp³-hybridized carbons (Fsp3) is 0.850. The van der Waals surface area contributed by atoms with E-state index in [0.29, 0.717) is 0 Å². The quantitative estimate of drug-likeness (QED) is 0.0430. The summed E-state index contributed by atoms with van der Waals surface area (Å²) in [5.41, 5.74) is 0. The van der Waals surface area contributed by atoms with Crippen LogP contribution in [0.2, 0.25) is 0 Å². The van der Waals surface area contributed by atoms with E-state index in [9.17, 15) is 39.6 Å². The number of aliphatic carboxylic acids is 4. The molecule has 0 aromatic carbocycles. The van der Waals surface area contributed by atoms with Gasteiger partial charge in [-0.1, -0.05) is 412 Å². The Morgan fingerprint density at radius 2 is 0.270 bits per heavy atom. The van der Waals surface area contributed by atoms with Gasteiger partial charge in [0.2, 0.25) is 0 Å². The van der Waals surface area contributed by atoms with Crippen LogP contribution in [0.3, 0.4) is 0 Å². The van der Waals surface area contributed by atoms with Crippen LogP contribution in [-0.4, -0.2) is 23.9 Å². The average molecular weight is 1420 g/mol. The van der Waals surface area contributed by atoms with Crippen molar-refractivity contribution in [1.82, 2.24) is 0 Å². The molecule has 522 valence electrons. The Morgan fingerprint density at radius 3 is 0.360 bits per heavy atom. The molecule has 0 spiro atoms. The number of hydrogen-bond acceptors (Lipinski definition) is 8. The number of carboxylic acid groups (broad SMARTS) is 4. The Hall–Kier alpha value is -2.47. The van der Waals surface area contributed by atoms with Crippen LogP contribution in [-0.2, 0) is 40.2 Å². The minimum Gasteiger partial charge on any atom is -0.545 e. The van der Waals surface area contributed by atoms with Crippen molar-refractivity contribution in [1.29, 1.82) is 0 Å². The molecular weight excluding hydrogens is 1270 g/mol. The normalized spacial score (nSPS) is 11.2. The van der Waals surface area contributed by atoms with Crippen LogP contribution in [0.1, 0.15) is 439 Å². The minimum absolute atomic E-state index is 0. The van der Waals surface area contributed by atoms with E-state index in [1.165, 1.54) is 360 Å². The van der Waals surface area contributed by atoms with Gasteiger partial charge in [-0.3, -0.25) is 0 Å². The zero-order chi connectivity index (χ0) is 65.2. The number of unbranched alkanes of at least 4 members (excludes halogenated alkanes) is 60. The maximum Gasteiger partial charge on any atom is 4.00 e. The molecule has 0 bridgehead atoms. The van der Waals surface area contributed by atoms with Gasteiger partial charge in [-0.25, -0.2) is 0 Å². The third-order valence-corrected chi connectivity index (χ3v) is 16.9. The average Bonchev–Trinajstić information content (AvgIpc) is 3.50. The number of carboxylic acids is 4. The first-order valence-electron chi connectivity index (χ1n) is 38.6. The molecule has 0 aliphatic rings. The first kappa shape index (κ1) is 95.2. The monoisotopic (exact) mass is 1420 g/mol. The fourth-order valence-corrected chi connectivity index (χ4v) is 11.3. The van der Waals surface area contributed by atoms with Crippen LogP contribution >= 0.6 is 0 Å². The van der Waals surface area contributed by atoms with Crippen molar-refractivity contribution in [3.63, 3.8) is 0 Å². The molecule has 0 atom stereocenters. The molecule has 0 saturated heterocycles. The van der Waals surface area contributed by atoms with E-state index in [2.05, 4.69) is 27.7 Å². The van der Waals surface area contributed by atoms with E-state index >= 15 is 0 Å². The SMILES string of the molecule is CCCCCCCCCCCCCCCCCC=CC(=O)[O-].CCCCCCCCCCCCCCCCCC=CC(=O)[O-].CCCCCCCCCCCCCCCCCC=CC(=O)[O-].CCCCCCCCCCCCCCCCCC=CC(=O)[O-].[W+4]. The molecule has 89 heavy (non-hydrogen) atoms. The predicted octanol–water partition coefficient (Wildman–Crippen LogP) is 22.2. The standard InChI is InChI=1S/4C20H38O2.W/c4*1-2-3-4-5-6-7-8-9-10-11-12-13-14-15-16-17-18-19-20(21)22;/h4*18-19H,2-17H2,1H3,(H,21,22);/q;;;;+4/p-4. The third kappa shape index (κ3) is 110. The topological polar surface area (TPSA) is 161 Å². The van der Waals surface area contributed by atoms with Gasteiger partial charge >= 0.3 is 21.1 Å². The van der Waals surface area contributed by atoms with Crippen LogP contribution in [0.4, 0.5) is 0 Å². The molecule has 0 amide bonds. The van der Waals surface area contributed by atoms with Gasteiger partial charge in [0.05, 0.1) is 23.9 Å². The number of rotatable bonds is 68. The Morgan fingerprint density at radius 1 is 0.180 bits per heavy atom. The summed E-state index contributed by atoms with van der Waals surface area (Å²) >= 11 is 0. The molecule has 9 heteroatoms. The molecule has 0 aliphatic heterocycles. The number of carbonyl (C=O) groups is 4. The zero-order valence-corrected chi connectivity index (χ0v) is 62.5. The summed E-state index contributed by atoms with van der Waals surface area (Å²) < 4.78 is 0. The van der Waals surface area contributed by atoms with Crippen molar-refractivity contribution in [2.45, 2.75) is 439 Å². The first-order valence-corrected chi connectivity index (χ1v) is 38.6. The van der Waals surface area contributed by atoms with E-state index in [-0.39, 0.29) is 21.1 Å². The van der Waals surface area contributed by atoms with Crippen molar-refractivity contribution in [2.24, 2.45) is 0 Å². The Kier molecular flexibility index (Phi) is 98.4. The largest absolute Gasteiger partial charge is 4.00 e. The summed E-state index contributed by atoms with van der Waals surface area (Å²) in [6.45, 7) is 9.09. The van der Waals surface area contributed by atoms with Crippen molar-refractivity contribution in [3.8, 4) is 0 Å². The first-order chi connectivity index (χ1) is 43.1. The molecule has 8 nitrogen and oxygen atoms in total. The van der Waals surface area contributed by atoms with Crippen LogP contribution in [0.5, 0.6) is 0 Å². The summed E-state index contributed by atoms with van der Waals surface area (Å²) in [5, 5.41) is 40.6. The second kappa shape index (κ2) is 91.9. The van der Waals surface area contributed by atoms with Crippen LogP contribution < -0.4 is 20.4 Å². The van der Waals surface area contributed by atoms with Crippen molar-refractivity contribution in [3.05, 3.63) is 48.6 Å². The van der Waals surface area contributed by atoms with Gasteiger partial charge in [-0.2, -0.15) is 0 Å². The Balaban J connectivity index is -0.000000351. The molecule has 0 unspecified atom stereocenters. The van der Waals surface area contributed by atoms with Gasteiger partial charge in [0.1, 0.15) is 0 Å². The number of hydrogen-bond donors (Lipinski definition) is 0. The second-order valence-electron chi connectivity index (χ2n) is 25.8. The summed E-state index contributed by atoms with van der Waals surface area (Å²) in [6, 6.07) is 0. The smallest absolute Gasteiger partial charge is 0.545 e. The molecule has 0 heterocycles. The van der Waals surface area contributed by atoms with Gasteiger partial charge in [0.15, 0.2) is 0 Å². The third-order valence-electron chi connectivity index (χ3n) is 16.9. The van der Waals surface area contributed by atoms with Crippen LogP contribution in [0, 0.1) is 0 Å². The summed E-state index contributed by atoms with van der Waals surface area (Å²) in [6.07, 6.45) is 96.6. The molecule has 0 saturated carbocycles. The van der Waals surface area contributed by atoms with Crippen LogP contribution in [0.25, 0.3) is 0 Å². The molecule has 0 rings (SSSR count). The van der Waals surface area contributed by atoms with E-state index in [1.807, 2.05) is 0 Å². The van der Waals surface area contributed by atoms with Gasteiger partial charge in [-0.05, 0) is 75.7 Å². The minimum atomic E-state index is -1.08. The van der Waals surface area contributed by atoms with Crippen LogP contribution in [0.15, 0.2) is 48.6 Å². The molecule has 0 aliphatic carbocycles. The van der Waals surface area contributed by atoms with Gasteiger partial charge in [-0.15, -0.1) is 0 Å². The fourth-order valence-electron chi connectivity index (χ4n) is 11.3. The molecular formula is C80H148O8W. The van der Waals surface area contributed by atoms with Gasteiger partial charge in [0, 0.05) is 0 Å². The zero-order valence-electron chi connectivity index (χ0n) is 59.5. The molecule has 0 radical (unpaired) electrons. The predicted molar refractivity (Wildman–Crippen MR) is 375 cm³/mol. The van der Waals surface area contributed by atoms with E-state index in [4.69, 9.17) is 0 Å². The van der Waals surface area contributed by atoms with E-state index in [1.54, 1.807) is 24.3 Å². The van der Waals surface area contributed by atoms with E-state index in [0.717, 1.165) is 75.7 Å². The summed E-state index contributed by atoms with van der Waals surface area (Å²) in [4.78, 5) is 40.6. The molecule has 0 fully saturated rings. The molecule has 0 aromatic heterocycles. The number of allylic oxidation sites excluding steroid dienone is 4. The molecule has 0 aromatic rings. The van der Waals surface area contributed by atoms with Gasteiger partial charge in [0.25, 0.3) is 0 Å². The number of carbonyl (C=O) groups excluding carboxylic acids is 4. The Labute approximate surface area is 568 Å². The summed E-state index contributed by atoms with van der Waals surface area (Å²) in [5.74, 6) is -4.33. The maximum absolute atomic E-state index is 10.2. The maximum atomic E-state index is 10.2. The van der Waals surface area contributed by atoms with Crippen molar-refractivity contribution < 1.29 is 60.7 Å². The summed E-state index contributed by atoms with van der Waals surface area (Å²) in [7, 11) is 0. The van der Waals surface area contributed by atoms with Crippen molar-refractivity contribution in [2.75, 3.05) is 0 Å². The van der Waals surface area contributed by atoms with Crippen molar-refractivity contribution >= 4 is 23.9 Å².